The van der Waals surface area contributed by atoms with Gasteiger partial charge in [0, 0.05) is 6.54 Å². The molecule has 0 radical (unpaired) electrons. The Morgan fingerprint density at radius 2 is 2.05 bits per heavy atom. The van der Waals surface area contributed by atoms with Gasteiger partial charge in [0.25, 0.3) is 0 Å². The van der Waals surface area contributed by atoms with Gasteiger partial charge >= 0.3 is 6.03 Å². The fourth-order valence-corrected chi connectivity index (χ4v) is 2.77. The predicted octanol–water partition coefficient (Wildman–Crippen LogP) is 2.58. The molecule has 1 heterocycles. The van der Waals surface area contributed by atoms with E-state index in [9.17, 15) is 4.79 Å². The zero-order valence-corrected chi connectivity index (χ0v) is 11.9. The molecule has 2 N–H and O–H groups in total. The largest absolute Gasteiger partial charge is 0.385 e. The number of carbonyl (C=O) groups excluding carboxylic acids is 1. The van der Waals surface area contributed by atoms with E-state index in [1.807, 2.05) is 30.0 Å². The average molecular weight is 271 g/mol. The Labute approximate surface area is 119 Å². The van der Waals surface area contributed by atoms with Crippen LogP contribution in [0.1, 0.15) is 31.7 Å². The summed E-state index contributed by atoms with van der Waals surface area (Å²) in [4.78, 5) is 17.9. The summed E-state index contributed by atoms with van der Waals surface area (Å²) in [7, 11) is 0. The van der Waals surface area contributed by atoms with Crippen LogP contribution >= 0.6 is 0 Å². The number of urea groups is 1. The molecule has 1 atom stereocenters. The van der Waals surface area contributed by atoms with Crippen LogP contribution < -0.4 is 5.73 Å². The molecule has 0 saturated heterocycles. The lowest BCUT2D eigenvalue weighted by atomic mass is 9.91. The van der Waals surface area contributed by atoms with E-state index in [4.69, 9.17) is 5.73 Å². The van der Waals surface area contributed by atoms with Crippen molar-refractivity contribution in [3.8, 4) is 0 Å². The molecule has 1 aromatic rings. The van der Waals surface area contributed by atoms with Crippen LogP contribution in [0, 0.1) is 5.92 Å². The Morgan fingerprint density at radius 3 is 2.70 bits per heavy atom. The van der Waals surface area contributed by atoms with E-state index in [0.29, 0.717) is 11.8 Å². The second kappa shape index (κ2) is 4.93. The number of amides is 2. The SMILES string of the molecule is CC1(CCc2ccccc2)C(N)=NC(=O)N1CC1CC1. The fourth-order valence-electron chi connectivity index (χ4n) is 2.77. The van der Waals surface area contributed by atoms with E-state index in [0.717, 1.165) is 19.4 Å². The van der Waals surface area contributed by atoms with Crippen molar-refractivity contribution >= 4 is 11.9 Å². The molecule has 20 heavy (non-hydrogen) atoms. The number of carbonyl (C=O) groups is 1. The molecule has 1 aromatic carbocycles. The first-order valence-corrected chi connectivity index (χ1v) is 7.30. The summed E-state index contributed by atoms with van der Waals surface area (Å²) in [6, 6.07) is 10.1. The minimum atomic E-state index is -0.421. The molecule has 0 aromatic heterocycles. The van der Waals surface area contributed by atoms with Crippen LogP contribution in [0.3, 0.4) is 0 Å². The molecule has 1 fully saturated rings. The van der Waals surface area contributed by atoms with Gasteiger partial charge in [-0.1, -0.05) is 30.3 Å². The highest BCUT2D eigenvalue weighted by atomic mass is 16.2. The first-order chi connectivity index (χ1) is 9.59. The molecule has 2 amide bonds. The number of aryl methyl sites for hydroxylation is 1. The molecule has 1 aliphatic carbocycles. The van der Waals surface area contributed by atoms with E-state index in [-0.39, 0.29) is 6.03 Å². The second-order valence-electron chi connectivity index (χ2n) is 6.09. The summed E-state index contributed by atoms with van der Waals surface area (Å²) in [5, 5.41) is 0. The molecule has 0 bridgehead atoms. The van der Waals surface area contributed by atoms with E-state index in [2.05, 4.69) is 17.1 Å². The topological polar surface area (TPSA) is 58.7 Å². The number of hydrogen-bond acceptors (Lipinski definition) is 2. The van der Waals surface area contributed by atoms with E-state index >= 15 is 0 Å². The van der Waals surface area contributed by atoms with Crippen molar-refractivity contribution in [3.63, 3.8) is 0 Å². The Bertz CT molecular complexity index is 536. The van der Waals surface area contributed by atoms with Gasteiger partial charge in [-0.2, -0.15) is 4.99 Å². The maximum absolute atomic E-state index is 12.0. The highest BCUT2D eigenvalue weighted by Gasteiger charge is 2.45. The maximum Gasteiger partial charge on any atom is 0.346 e. The van der Waals surface area contributed by atoms with Crippen LogP contribution in [0.5, 0.6) is 0 Å². The first kappa shape index (κ1) is 13.2. The van der Waals surface area contributed by atoms with Gasteiger partial charge in [-0.15, -0.1) is 0 Å². The number of hydrogen-bond donors (Lipinski definition) is 1. The number of nitrogens with zero attached hydrogens (tertiary/aromatic N) is 2. The lowest BCUT2D eigenvalue weighted by Gasteiger charge is -2.35. The number of rotatable bonds is 5. The zero-order valence-electron chi connectivity index (χ0n) is 11.9. The van der Waals surface area contributed by atoms with Crippen molar-refractivity contribution < 1.29 is 4.79 Å². The first-order valence-electron chi connectivity index (χ1n) is 7.30. The number of amidine groups is 1. The molecule has 3 rings (SSSR count). The third-order valence-electron chi connectivity index (χ3n) is 4.48. The van der Waals surface area contributed by atoms with Gasteiger partial charge in [-0.25, -0.2) is 4.79 Å². The van der Waals surface area contributed by atoms with Crippen molar-refractivity contribution in [2.45, 2.75) is 38.1 Å². The summed E-state index contributed by atoms with van der Waals surface area (Å²) in [5.74, 6) is 1.12. The lowest BCUT2D eigenvalue weighted by molar-refractivity contribution is 0.169. The van der Waals surface area contributed by atoms with Gasteiger partial charge in [-0.05, 0) is 44.1 Å². The third-order valence-corrected chi connectivity index (χ3v) is 4.48. The molecule has 2 aliphatic rings. The molecular formula is C16H21N3O. The Balaban J connectivity index is 1.73. The fraction of sp³-hybridized carbons (Fsp3) is 0.500. The minimum absolute atomic E-state index is 0.162. The smallest absolute Gasteiger partial charge is 0.346 e. The van der Waals surface area contributed by atoms with Crippen LogP contribution in [0.25, 0.3) is 0 Å². The number of benzene rings is 1. The third kappa shape index (κ3) is 2.42. The molecule has 1 saturated carbocycles. The summed E-state index contributed by atoms with van der Waals surface area (Å²) < 4.78 is 0. The van der Waals surface area contributed by atoms with Crippen LogP contribution in [-0.4, -0.2) is 28.9 Å². The Morgan fingerprint density at radius 1 is 1.35 bits per heavy atom. The van der Waals surface area contributed by atoms with E-state index in [1.54, 1.807) is 0 Å². The monoisotopic (exact) mass is 271 g/mol. The van der Waals surface area contributed by atoms with Crippen LogP contribution in [-0.2, 0) is 6.42 Å². The second-order valence-corrected chi connectivity index (χ2v) is 6.09. The zero-order chi connectivity index (χ0) is 14.2. The normalized spacial score (nSPS) is 25.9. The maximum atomic E-state index is 12.0. The average Bonchev–Trinajstić information content (AvgIpc) is 3.23. The molecule has 1 aliphatic heterocycles. The van der Waals surface area contributed by atoms with Crippen molar-refractivity contribution in [3.05, 3.63) is 35.9 Å². The minimum Gasteiger partial charge on any atom is -0.385 e. The van der Waals surface area contributed by atoms with Crippen LogP contribution in [0.2, 0.25) is 0 Å². The molecule has 1 unspecified atom stereocenters. The number of aliphatic imine (C=N–C) groups is 1. The molecule has 106 valence electrons. The predicted molar refractivity (Wildman–Crippen MR) is 79.6 cm³/mol. The van der Waals surface area contributed by atoms with Crippen molar-refractivity contribution in [2.24, 2.45) is 16.6 Å². The van der Waals surface area contributed by atoms with Gasteiger partial charge in [0.15, 0.2) is 0 Å². The molecule has 0 spiro atoms. The van der Waals surface area contributed by atoms with Crippen molar-refractivity contribution in [2.75, 3.05) is 6.54 Å². The van der Waals surface area contributed by atoms with E-state index < -0.39 is 5.54 Å². The van der Waals surface area contributed by atoms with Crippen LogP contribution in [0.4, 0.5) is 4.79 Å². The highest BCUT2D eigenvalue weighted by Crippen LogP contribution is 2.35. The van der Waals surface area contributed by atoms with Gasteiger partial charge in [0.1, 0.15) is 5.84 Å². The van der Waals surface area contributed by atoms with Crippen LogP contribution in [0.15, 0.2) is 35.3 Å². The summed E-state index contributed by atoms with van der Waals surface area (Å²) in [6.45, 7) is 2.84. The van der Waals surface area contributed by atoms with E-state index in [1.165, 1.54) is 18.4 Å². The Hall–Kier alpha value is -1.84. The summed E-state index contributed by atoms with van der Waals surface area (Å²) >= 11 is 0. The summed E-state index contributed by atoms with van der Waals surface area (Å²) in [6.07, 6.45) is 4.17. The van der Waals surface area contributed by atoms with Gasteiger partial charge in [0.2, 0.25) is 0 Å². The van der Waals surface area contributed by atoms with Gasteiger partial charge < -0.3 is 10.6 Å². The summed E-state index contributed by atoms with van der Waals surface area (Å²) in [5.41, 5.74) is 6.89. The van der Waals surface area contributed by atoms with Crippen molar-refractivity contribution in [1.29, 1.82) is 0 Å². The quantitative estimate of drug-likeness (QED) is 0.894. The molecule has 4 heteroatoms. The highest BCUT2D eigenvalue weighted by molar-refractivity contribution is 6.05. The molecule has 4 nitrogen and oxygen atoms in total. The Kier molecular flexibility index (Phi) is 3.24. The molecular weight excluding hydrogens is 250 g/mol. The van der Waals surface area contributed by atoms with Crippen molar-refractivity contribution in [1.82, 2.24) is 4.90 Å². The lowest BCUT2D eigenvalue weighted by Crippen LogP contribution is -2.52. The van der Waals surface area contributed by atoms with Gasteiger partial charge in [0.05, 0.1) is 5.54 Å². The standard InChI is InChI=1S/C16H21N3O/c1-16(10-9-12-5-3-2-4-6-12)14(17)18-15(20)19(16)11-13-7-8-13/h2-6,13H,7-11H2,1H3,(H2,17,18,20). The number of nitrogens with two attached hydrogens (primary N) is 1. The van der Waals surface area contributed by atoms with Gasteiger partial charge in [-0.3, -0.25) is 0 Å².